The van der Waals surface area contributed by atoms with Gasteiger partial charge < -0.3 is 15.6 Å². The van der Waals surface area contributed by atoms with Crippen molar-refractivity contribution >= 4 is 17.0 Å². The van der Waals surface area contributed by atoms with Crippen LogP contribution >= 0.6 is 0 Å². The van der Waals surface area contributed by atoms with Crippen molar-refractivity contribution in [2.24, 2.45) is 11.7 Å². The number of piperidine rings is 1. The molecular formula is C17H20N6O. The van der Waals surface area contributed by atoms with E-state index in [4.69, 9.17) is 5.73 Å². The molecule has 0 aliphatic carbocycles. The summed E-state index contributed by atoms with van der Waals surface area (Å²) in [4.78, 5) is 27.6. The van der Waals surface area contributed by atoms with Crippen LogP contribution in [0.5, 0.6) is 0 Å². The zero-order valence-electron chi connectivity index (χ0n) is 13.3. The Bertz CT molecular complexity index is 879. The lowest BCUT2D eigenvalue weighted by molar-refractivity contribution is 0.344. The molecule has 24 heavy (non-hydrogen) atoms. The van der Waals surface area contributed by atoms with Crippen molar-refractivity contribution in [3.63, 3.8) is 0 Å². The predicted molar refractivity (Wildman–Crippen MR) is 92.8 cm³/mol. The Balaban J connectivity index is 1.50. The molecule has 1 unspecified atom stereocenters. The third-order valence-electron chi connectivity index (χ3n) is 4.83. The van der Waals surface area contributed by atoms with Crippen molar-refractivity contribution in [1.29, 1.82) is 0 Å². The fourth-order valence-electron chi connectivity index (χ4n) is 3.50. The van der Waals surface area contributed by atoms with E-state index in [9.17, 15) is 4.79 Å². The van der Waals surface area contributed by atoms with Gasteiger partial charge in [0.15, 0.2) is 11.5 Å². The number of fused-ring (bicyclic) bond motifs is 1. The minimum absolute atomic E-state index is 0.0610. The first-order valence-electron chi connectivity index (χ1n) is 8.21. The van der Waals surface area contributed by atoms with E-state index in [-0.39, 0.29) is 11.7 Å². The molecule has 1 atom stereocenters. The van der Waals surface area contributed by atoms with Crippen molar-refractivity contribution in [3.8, 4) is 0 Å². The Kier molecular flexibility index (Phi) is 3.78. The molecule has 0 spiro atoms. The van der Waals surface area contributed by atoms with Crippen LogP contribution in [0.15, 0.2) is 41.5 Å². The lowest BCUT2D eigenvalue weighted by Gasteiger charge is -2.35. The van der Waals surface area contributed by atoms with E-state index in [1.54, 1.807) is 0 Å². The summed E-state index contributed by atoms with van der Waals surface area (Å²) in [6, 6.07) is 10.3. The van der Waals surface area contributed by atoms with Gasteiger partial charge in [-0.2, -0.15) is 0 Å². The number of aromatic amines is 2. The highest BCUT2D eigenvalue weighted by atomic mass is 16.1. The van der Waals surface area contributed by atoms with Gasteiger partial charge in [0.25, 0.3) is 0 Å². The standard InChI is InChI=1S/C17H20N6O/c18-13(11-4-2-1-3-5-11)12-6-8-23(9-7-12)16-14-15(19-10-20-16)22-17(24)21-14/h1-5,10,12-13H,6-9,18H2,(H2,19,20,21,22,24). The highest BCUT2D eigenvalue weighted by Crippen LogP contribution is 2.31. The minimum Gasteiger partial charge on any atom is -0.355 e. The lowest BCUT2D eigenvalue weighted by Crippen LogP contribution is -2.38. The van der Waals surface area contributed by atoms with Gasteiger partial charge in [0.05, 0.1) is 0 Å². The summed E-state index contributed by atoms with van der Waals surface area (Å²) in [5, 5.41) is 0. The molecule has 1 saturated heterocycles. The number of imidazole rings is 1. The molecule has 4 N–H and O–H groups in total. The summed E-state index contributed by atoms with van der Waals surface area (Å²) in [6.07, 6.45) is 3.48. The van der Waals surface area contributed by atoms with Crippen LogP contribution in [-0.2, 0) is 0 Å². The van der Waals surface area contributed by atoms with Crippen LogP contribution in [0.1, 0.15) is 24.4 Å². The molecule has 0 amide bonds. The summed E-state index contributed by atoms with van der Waals surface area (Å²) >= 11 is 0. The predicted octanol–water partition coefficient (Wildman–Crippen LogP) is 1.56. The van der Waals surface area contributed by atoms with Crippen molar-refractivity contribution in [3.05, 3.63) is 52.7 Å². The van der Waals surface area contributed by atoms with Crippen LogP contribution in [0.25, 0.3) is 11.2 Å². The minimum atomic E-state index is -0.257. The summed E-state index contributed by atoms with van der Waals surface area (Å²) in [7, 11) is 0. The smallest absolute Gasteiger partial charge is 0.325 e. The number of hydrogen-bond donors (Lipinski definition) is 3. The molecule has 1 aromatic carbocycles. The molecule has 3 heterocycles. The maximum atomic E-state index is 11.5. The second-order valence-corrected chi connectivity index (χ2v) is 6.26. The number of aromatic nitrogens is 4. The third kappa shape index (κ3) is 2.67. The van der Waals surface area contributed by atoms with Gasteiger partial charge in [0.1, 0.15) is 11.8 Å². The fraction of sp³-hybridized carbons (Fsp3) is 0.353. The van der Waals surface area contributed by atoms with E-state index in [1.807, 2.05) is 18.2 Å². The quantitative estimate of drug-likeness (QED) is 0.678. The van der Waals surface area contributed by atoms with Gasteiger partial charge in [0.2, 0.25) is 0 Å². The first-order valence-corrected chi connectivity index (χ1v) is 8.21. The van der Waals surface area contributed by atoms with Gasteiger partial charge >= 0.3 is 5.69 Å². The maximum Gasteiger partial charge on any atom is 0.325 e. The van der Waals surface area contributed by atoms with Crippen LogP contribution in [0.2, 0.25) is 0 Å². The first kappa shape index (κ1) is 14.9. The monoisotopic (exact) mass is 324 g/mol. The molecule has 1 fully saturated rings. The third-order valence-corrected chi connectivity index (χ3v) is 4.83. The Morgan fingerprint density at radius 2 is 1.88 bits per heavy atom. The zero-order valence-corrected chi connectivity index (χ0v) is 13.3. The van der Waals surface area contributed by atoms with Crippen LogP contribution in [0.4, 0.5) is 5.82 Å². The summed E-state index contributed by atoms with van der Waals surface area (Å²) in [5.74, 6) is 1.23. The SMILES string of the molecule is NC(c1ccccc1)C1CCN(c2ncnc3[nH]c(=O)[nH]c23)CC1. The average Bonchev–Trinajstić information content (AvgIpc) is 3.02. The number of rotatable bonds is 3. The van der Waals surface area contributed by atoms with Crippen LogP contribution in [0, 0.1) is 5.92 Å². The lowest BCUT2D eigenvalue weighted by atomic mass is 9.86. The van der Waals surface area contributed by atoms with Gasteiger partial charge in [0, 0.05) is 19.1 Å². The summed E-state index contributed by atoms with van der Waals surface area (Å²) in [6.45, 7) is 1.73. The first-order chi connectivity index (χ1) is 11.7. The fourth-order valence-corrected chi connectivity index (χ4v) is 3.50. The highest BCUT2D eigenvalue weighted by Gasteiger charge is 2.27. The maximum absolute atomic E-state index is 11.5. The number of nitrogens with two attached hydrogens (primary N) is 1. The van der Waals surface area contributed by atoms with Gasteiger partial charge in [-0.1, -0.05) is 30.3 Å². The average molecular weight is 324 g/mol. The molecule has 4 rings (SSSR count). The van der Waals surface area contributed by atoms with E-state index in [0.717, 1.165) is 31.7 Å². The van der Waals surface area contributed by atoms with Crippen molar-refractivity contribution in [2.75, 3.05) is 18.0 Å². The van der Waals surface area contributed by atoms with Gasteiger partial charge in [-0.25, -0.2) is 14.8 Å². The molecule has 3 aromatic rings. The van der Waals surface area contributed by atoms with Crippen LogP contribution in [-0.4, -0.2) is 33.0 Å². The van der Waals surface area contributed by atoms with E-state index in [2.05, 4.69) is 37.0 Å². The van der Waals surface area contributed by atoms with Crippen LogP contribution in [0.3, 0.4) is 0 Å². The normalized spacial score (nSPS) is 17.3. The molecule has 1 aliphatic heterocycles. The molecule has 0 saturated carbocycles. The molecule has 2 aromatic heterocycles. The Morgan fingerprint density at radius 1 is 1.12 bits per heavy atom. The summed E-state index contributed by atoms with van der Waals surface area (Å²) < 4.78 is 0. The van der Waals surface area contributed by atoms with Gasteiger partial charge in [-0.15, -0.1) is 0 Å². The Labute approximate surface area is 138 Å². The molecule has 7 nitrogen and oxygen atoms in total. The molecule has 7 heteroatoms. The molecular weight excluding hydrogens is 304 g/mol. The number of H-pyrrole nitrogens is 2. The Morgan fingerprint density at radius 3 is 2.62 bits per heavy atom. The second-order valence-electron chi connectivity index (χ2n) is 6.26. The van der Waals surface area contributed by atoms with Gasteiger partial charge in [-0.05, 0) is 24.3 Å². The van der Waals surface area contributed by atoms with Crippen molar-refractivity contribution in [1.82, 2.24) is 19.9 Å². The van der Waals surface area contributed by atoms with E-state index < -0.39 is 0 Å². The largest absolute Gasteiger partial charge is 0.355 e. The van der Waals surface area contributed by atoms with Gasteiger partial charge in [-0.3, -0.25) is 4.98 Å². The highest BCUT2D eigenvalue weighted by molar-refractivity contribution is 5.82. The molecule has 1 aliphatic rings. The number of nitrogens with one attached hydrogen (secondary N) is 2. The Hall–Kier alpha value is -2.67. The van der Waals surface area contributed by atoms with Crippen molar-refractivity contribution < 1.29 is 0 Å². The zero-order chi connectivity index (χ0) is 16.5. The molecule has 124 valence electrons. The number of benzene rings is 1. The van der Waals surface area contributed by atoms with Crippen LogP contribution < -0.4 is 16.3 Å². The van der Waals surface area contributed by atoms with E-state index in [0.29, 0.717) is 17.1 Å². The molecule has 0 radical (unpaired) electrons. The topological polar surface area (TPSA) is 104 Å². The summed E-state index contributed by atoms with van der Waals surface area (Å²) in [5.41, 5.74) is 8.61. The second kappa shape index (κ2) is 6.09. The van der Waals surface area contributed by atoms with E-state index in [1.165, 1.54) is 11.9 Å². The number of nitrogens with zero attached hydrogens (tertiary/aromatic N) is 3. The number of hydrogen-bond acceptors (Lipinski definition) is 5. The molecule has 0 bridgehead atoms. The van der Waals surface area contributed by atoms with Crippen molar-refractivity contribution in [2.45, 2.75) is 18.9 Å². The number of anilines is 1. The van der Waals surface area contributed by atoms with E-state index >= 15 is 0 Å².